The zero-order valence-corrected chi connectivity index (χ0v) is 19.5. The number of morpholine rings is 1. The number of benzene rings is 1. The summed E-state index contributed by atoms with van der Waals surface area (Å²) in [5, 5.41) is 3.30. The van der Waals surface area contributed by atoms with Crippen molar-refractivity contribution in [1.29, 1.82) is 0 Å². The molecular weight excluding hydrogens is 461 g/mol. The Morgan fingerprint density at radius 1 is 1.27 bits per heavy atom. The van der Waals surface area contributed by atoms with Gasteiger partial charge < -0.3 is 4.74 Å². The molecule has 0 aliphatic carbocycles. The maximum Gasteiger partial charge on any atom is 0.252 e. The van der Waals surface area contributed by atoms with Crippen LogP contribution in [-0.2, 0) is 9.53 Å². The number of carbonyl (C=O) groups is 1. The van der Waals surface area contributed by atoms with Crippen molar-refractivity contribution >= 4 is 74.0 Å². The third kappa shape index (κ3) is 5.81. The zero-order chi connectivity index (χ0) is 20.1. The van der Waals surface area contributed by atoms with Crippen LogP contribution in [0, 0.1) is 0 Å². The van der Waals surface area contributed by atoms with E-state index in [1.165, 1.54) is 11.3 Å². The number of nitrogens with zero attached hydrogens (tertiary/aromatic N) is 3. The molecule has 1 aliphatic rings. The van der Waals surface area contributed by atoms with Crippen LogP contribution in [-0.4, -0.2) is 55.2 Å². The lowest BCUT2D eigenvalue weighted by molar-refractivity contribution is -0.114. The van der Waals surface area contributed by atoms with E-state index in [4.69, 9.17) is 16.3 Å². The Labute approximate surface area is 195 Å². The molecule has 1 fully saturated rings. The Bertz CT molecular complexity index is 985. The first-order chi connectivity index (χ1) is 14.2. The molecule has 0 radical (unpaired) electrons. The van der Waals surface area contributed by atoms with E-state index in [0.29, 0.717) is 16.7 Å². The number of aromatic nitrogens is 1. The maximum absolute atomic E-state index is 13.0. The van der Waals surface area contributed by atoms with Crippen LogP contribution in [0.25, 0.3) is 16.3 Å². The summed E-state index contributed by atoms with van der Waals surface area (Å²) in [4.78, 5) is 22.9. The van der Waals surface area contributed by atoms with Crippen molar-refractivity contribution in [2.45, 2.75) is 6.42 Å². The molecule has 1 amide bonds. The number of carbonyl (C=O) groups excluding carboxylic acids is 1. The SMILES string of the molecule is Cl.O=C(/C=C/c1cccs1)N(CCCN1CCOCC1)c1nc2c(Cl)cccc2s1. The lowest BCUT2D eigenvalue weighted by atomic mass is 10.3. The zero-order valence-electron chi connectivity index (χ0n) is 16.3. The summed E-state index contributed by atoms with van der Waals surface area (Å²) >= 11 is 9.41. The van der Waals surface area contributed by atoms with Gasteiger partial charge in [-0.1, -0.05) is 35.1 Å². The lowest BCUT2D eigenvalue weighted by Crippen LogP contribution is -2.39. The fourth-order valence-electron chi connectivity index (χ4n) is 3.23. The second-order valence-electron chi connectivity index (χ2n) is 6.73. The van der Waals surface area contributed by atoms with E-state index in [0.717, 1.165) is 54.4 Å². The van der Waals surface area contributed by atoms with Crippen molar-refractivity contribution in [2.24, 2.45) is 0 Å². The van der Waals surface area contributed by atoms with Gasteiger partial charge >= 0.3 is 0 Å². The number of rotatable bonds is 7. The minimum absolute atomic E-state index is 0. The van der Waals surface area contributed by atoms with Gasteiger partial charge in [-0.2, -0.15) is 0 Å². The van der Waals surface area contributed by atoms with Gasteiger partial charge in [-0.05, 0) is 36.1 Å². The number of ether oxygens (including phenoxy) is 1. The van der Waals surface area contributed by atoms with E-state index in [-0.39, 0.29) is 18.3 Å². The third-order valence-electron chi connectivity index (χ3n) is 4.75. The van der Waals surface area contributed by atoms with Gasteiger partial charge in [-0.25, -0.2) is 4.98 Å². The molecule has 4 rings (SSSR count). The Morgan fingerprint density at radius 2 is 2.10 bits per heavy atom. The predicted molar refractivity (Wildman–Crippen MR) is 129 cm³/mol. The van der Waals surface area contributed by atoms with Gasteiger partial charge in [0.2, 0.25) is 0 Å². The number of amides is 1. The summed E-state index contributed by atoms with van der Waals surface area (Å²) in [6, 6.07) is 9.70. The average Bonchev–Trinajstić information content (AvgIpc) is 3.41. The molecule has 1 aromatic carbocycles. The molecule has 2 aromatic heterocycles. The van der Waals surface area contributed by atoms with E-state index in [1.54, 1.807) is 22.3 Å². The standard InChI is InChI=1S/C21H22ClN3O2S2.ClH/c22-17-5-1-6-18-20(17)23-21(29-18)25(10-3-9-24-11-13-27-14-12-24)19(26)8-7-16-4-2-15-28-16;/h1-2,4-8,15H,3,9-14H2;1H/b8-7+;. The van der Waals surface area contributed by atoms with Crippen molar-refractivity contribution < 1.29 is 9.53 Å². The fourth-order valence-corrected chi connectivity index (χ4v) is 5.14. The van der Waals surface area contributed by atoms with E-state index < -0.39 is 0 Å². The summed E-state index contributed by atoms with van der Waals surface area (Å²) in [6.07, 6.45) is 4.37. The predicted octanol–water partition coefficient (Wildman–Crippen LogP) is 5.20. The highest BCUT2D eigenvalue weighted by Gasteiger charge is 2.19. The highest BCUT2D eigenvalue weighted by Crippen LogP contribution is 2.33. The number of thiazole rings is 1. The summed E-state index contributed by atoms with van der Waals surface area (Å²) in [6.45, 7) is 5.01. The fraction of sp³-hybridized carbons (Fsp3) is 0.333. The molecular formula is C21H23Cl2N3O2S2. The van der Waals surface area contributed by atoms with E-state index in [9.17, 15) is 4.79 Å². The monoisotopic (exact) mass is 483 g/mol. The van der Waals surface area contributed by atoms with Crippen LogP contribution in [0.15, 0.2) is 41.8 Å². The molecule has 0 bridgehead atoms. The van der Waals surface area contributed by atoms with Crippen molar-refractivity contribution in [3.63, 3.8) is 0 Å². The molecule has 0 N–H and O–H groups in total. The van der Waals surface area contributed by atoms with E-state index in [2.05, 4.69) is 9.88 Å². The number of hydrogen-bond acceptors (Lipinski definition) is 6. The van der Waals surface area contributed by atoms with Crippen LogP contribution in [0.2, 0.25) is 5.02 Å². The Hall–Kier alpha value is -1.48. The van der Waals surface area contributed by atoms with Crippen LogP contribution >= 0.6 is 46.7 Å². The molecule has 0 atom stereocenters. The Kier molecular flexibility index (Phi) is 8.68. The van der Waals surface area contributed by atoms with Gasteiger partial charge in [0.15, 0.2) is 5.13 Å². The maximum atomic E-state index is 13.0. The molecule has 0 unspecified atom stereocenters. The quantitative estimate of drug-likeness (QED) is 0.433. The first-order valence-electron chi connectivity index (χ1n) is 9.59. The van der Waals surface area contributed by atoms with Crippen LogP contribution < -0.4 is 4.90 Å². The topological polar surface area (TPSA) is 45.7 Å². The smallest absolute Gasteiger partial charge is 0.252 e. The number of hydrogen-bond donors (Lipinski definition) is 0. The van der Waals surface area contributed by atoms with Crippen molar-refractivity contribution in [3.05, 3.63) is 51.7 Å². The van der Waals surface area contributed by atoms with Gasteiger partial charge in [-0.15, -0.1) is 23.7 Å². The summed E-state index contributed by atoms with van der Waals surface area (Å²) in [7, 11) is 0. The molecule has 3 aromatic rings. The van der Waals surface area contributed by atoms with Gasteiger partial charge in [0.1, 0.15) is 5.52 Å². The van der Waals surface area contributed by atoms with Gasteiger partial charge in [0.25, 0.3) is 5.91 Å². The summed E-state index contributed by atoms with van der Waals surface area (Å²) in [5.41, 5.74) is 0.752. The molecule has 9 heteroatoms. The second-order valence-corrected chi connectivity index (χ2v) is 9.12. The lowest BCUT2D eigenvalue weighted by Gasteiger charge is -2.27. The molecule has 1 aliphatic heterocycles. The van der Waals surface area contributed by atoms with Crippen molar-refractivity contribution in [3.8, 4) is 0 Å². The highest BCUT2D eigenvalue weighted by molar-refractivity contribution is 7.22. The van der Waals surface area contributed by atoms with Crippen LogP contribution in [0.4, 0.5) is 5.13 Å². The van der Waals surface area contributed by atoms with Crippen LogP contribution in [0.3, 0.4) is 0 Å². The molecule has 0 spiro atoms. The molecule has 30 heavy (non-hydrogen) atoms. The van der Waals surface area contributed by atoms with Gasteiger partial charge in [-0.3, -0.25) is 14.6 Å². The number of para-hydroxylation sites is 1. The normalized spacial score (nSPS) is 14.8. The summed E-state index contributed by atoms with van der Waals surface area (Å²) in [5.74, 6) is -0.0597. The number of fused-ring (bicyclic) bond motifs is 1. The largest absolute Gasteiger partial charge is 0.379 e. The summed E-state index contributed by atoms with van der Waals surface area (Å²) < 4.78 is 6.40. The molecule has 0 saturated carbocycles. The first-order valence-corrected chi connectivity index (χ1v) is 11.7. The van der Waals surface area contributed by atoms with Crippen LogP contribution in [0.5, 0.6) is 0 Å². The van der Waals surface area contributed by atoms with Crippen molar-refractivity contribution in [2.75, 3.05) is 44.3 Å². The average molecular weight is 484 g/mol. The third-order valence-corrected chi connectivity index (χ3v) is 6.93. The van der Waals surface area contributed by atoms with Crippen molar-refractivity contribution in [1.82, 2.24) is 9.88 Å². The second kappa shape index (κ2) is 11.2. The van der Waals surface area contributed by atoms with Gasteiger partial charge in [0, 0.05) is 37.1 Å². The van der Waals surface area contributed by atoms with E-state index >= 15 is 0 Å². The molecule has 160 valence electrons. The molecule has 5 nitrogen and oxygen atoms in total. The minimum Gasteiger partial charge on any atom is -0.379 e. The molecule has 1 saturated heterocycles. The number of halogens is 2. The van der Waals surface area contributed by atoms with Gasteiger partial charge in [0.05, 0.1) is 22.9 Å². The Morgan fingerprint density at radius 3 is 2.83 bits per heavy atom. The Balaban J connectivity index is 0.00000256. The van der Waals surface area contributed by atoms with Crippen LogP contribution in [0.1, 0.15) is 11.3 Å². The number of anilines is 1. The molecule has 3 heterocycles. The minimum atomic E-state index is -0.0597. The number of thiophene rings is 1. The first kappa shape index (κ1) is 23.2. The highest BCUT2D eigenvalue weighted by atomic mass is 35.5. The van der Waals surface area contributed by atoms with E-state index in [1.807, 2.05) is 41.8 Å².